The van der Waals surface area contributed by atoms with Crippen molar-refractivity contribution < 1.29 is 4.74 Å². The summed E-state index contributed by atoms with van der Waals surface area (Å²) in [5, 5.41) is 3.41. The van der Waals surface area contributed by atoms with Crippen LogP contribution in [-0.2, 0) is 6.54 Å². The minimum atomic E-state index is 0.425. The van der Waals surface area contributed by atoms with Crippen LogP contribution in [0.1, 0.15) is 5.56 Å². The van der Waals surface area contributed by atoms with Crippen LogP contribution < -0.4 is 15.8 Å². The molecular formula is C20H19N5O. The molecule has 2 heterocycles. The zero-order valence-corrected chi connectivity index (χ0v) is 14.4. The van der Waals surface area contributed by atoms with Crippen LogP contribution in [0.3, 0.4) is 0 Å². The average Bonchev–Trinajstić information content (AvgIpc) is 3.16. The van der Waals surface area contributed by atoms with E-state index < -0.39 is 0 Å². The fourth-order valence-electron chi connectivity index (χ4n) is 2.80. The molecule has 4 rings (SSSR count). The van der Waals surface area contributed by atoms with E-state index in [1.807, 2.05) is 65.3 Å². The average molecular weight is 345 g/mol. The van der Waals surface area contributed by atoms with Crippen LogP contribution in [0.15, 0.2) is 67.1 Å². The van der Waals surface area contributed by atoms with E-state index in [9.17, 15) is 0 Å². The van der Waals surface area contributed by atoms with Gasteiger partial charge in [0.1, 0.15) is 5.75 Å². The van der Waals surface area contributed by atoms with E-state index >= 15 is 0 Å². The number of benzene rings is 2. The highest BCUT2D eigenvalue weighted by Crippen LogP contribution is 2.22. The third kappa shape index (κ3) is 3.17. The van der Waals surface area contributed by atoms with Gasteiger partial charge in [-0.3, -0.25) is 0 Å². The van der Waals surface area contributed by atoms with E-state index in [0.29, 0.717) is 11.5 Å². The van der Waals surface area contributed by atoms with Crippen LogP contribution in [0.5, 0.6) is 5.75 Å². The lowest BCUT2D eigenvalue weighted by molar-refractivity contribution is 0.414. The SMILES string of the molecule is COc1ccc(CNc2ccc(-c3cn4ccnc4c(N)n3)cc2)cc1. The monoisotopic (exact) mass is 345 g/mol. The van der Waals surface area contributed by atoms with E-state index in [4.69, 9.17) is 10.5 Å². The Labute approximate surface area is 151 Å². The van der Waals surface area contributed by atoms with Crippen molar-refractivity contribution in [2.24, 2.45) is 0 Å². The quantitative estimate of drug-likeness (QED) is 0.578. The van der Waals surface area contributed by atoms with Crippen molar-refractivity contribution in [3.05, 3.63) is 72.7 Å². The molecule has 0 saturated carbocycles. The lowest BCUT2D eigenvalue weighted by atomic mass is 10.1. The summed E-state index contributed by atoms with van der Waals surface area (Å²) in [5.74, 6) is 1.29. The molecule has 3 N–H and O–H groups in total. The summed E-state index contributed by atoms with van der Waals surface area (Å²) >= 11 is 0. The maximum atomic E-state index is 5.99. The number of nitrogens with zero attached hydrogens (tertiary/aromatic N) is 3. The molecule has 0 bridgehead atoms. The number of nitrogen functional groups attached to an aromatic ring is 1. The summed E-state index contributed by atoms with van der Waals surface area (Å²) in [5.41, 5.74) is 10.7. The molecule has 0 radical (unpaired) electrons. The molecule has 0 atom stereocenters. The zero-order chi connectivity index (χ0) is 17.9. The molecule has 6 heteroatoms. The maximum Gasteiger partial charge on any atom is 0.179 e. The lowest BCUT2D eigenvalue weighted by Crippen LogP contribution is -2.00. The van der Waals surface area contributed by atoms with Gasteiger partial charge in [0.15, 0.2) is 11.5 Å². The molecule has 2 aromatic carbocycles. The van der Waals surface area contributed by atoms with Crippen molar-refractivity contribution >= 4 is 17.2 Å². The molecular weight excluding hydrogens is 326 g/mol. The summed E-state index contributed by atoms with van der Waals surface area (Å²) < 4.78 is 7.06. The normalized spacial score (nSPS) is 10.8. The van der Waals surface area contributed by atoms with Gasteiger partial charge >= 0.3 is 0 Å². The van der Waals surface area contributed by atoms with E-state index in [0.717, 1.165) is 29.2 Å². The number of ether oxygens (including phenoxy) is 1. The Morgan fingerprint density at radius 2 is 1.85 bits per heavy atom. The first-order valence-corrected chi connectivity index (χ1v) is 8.29. The van der Waals surface area contributed by atoms with Gasteiger partial charge in [-0.2, -0.15) is 0 Å². The van der Waals surface area contributed by atoms with E-state index in [-0.39, 0.29) is 0 Å². The minimum Gasteiger partial charge on any atom is -0.497 e. The Hall–Kier alpha value is -3.54. The molecule has 0 saturated heterocycles. The van der Waals surface area contributed by atoms with Gasteiger partial charge < -0.3 is 20.2 Å². The van der Waals surface area contributed by atoms with Gasteiger partial charge in [0.2, 0.25) is 0 Å². The number of rotatable bonds is 5. The number of nitrogens with two attached hydrogens (primary N) is 1. The molecule has 0 spiro atoms. The maximum absolute atomic E-state index is 5.99. The third-order valence-corrected chi connectivity index (χ3v) is 4.24. The molecule has 0 aliphatic heterocycles. The van der Waals surface area contributed by atoms with Crippen LogP contribution in [0, 0.1) is 0 Å². The van der Waals surface area contributed by atoms with Gasteiger partial charge in [0, 0.05) is 36.4 Å². The van der Waals surface area contributed by atoms with Crippen LogP contribution in [-0.4, -0.2) is 21.5 Å². The first-order chi connectivity index (χ1) is 12.7. The first-order valence-electron chi connectivity index (χ1n) is 8.29. The van der Waals surface area contributed by atoms with Crippen LogP contribution in [0.2, 0.25) is 0 Å². The second-order valence-electron chi connectivity index (χ2n) is 5.95. The van der Waals surface area contributed by atoms with Crippen molar-refractivity contribution in [2.45, 2.75) is 6.54 Å². The number of methoxy groups -OCH3 is 1. The van der Waals surface area contributed by atoms with Crippen LogP contribution >= 0.6 is 0 Å². The third-order valence-electron chi connectivity index (χ3n) is 4.24. The van der Waals surface area contributed by atoms with E-state index in [1.165, 1.54) is 5.56 Å². The molecule has 0 fully saturated rings. The van der Waals surface area contributed by atoms with Crippen molar-refractivity contribution in [2.75, 3.05) is 18.2 Å². The summed E-state index contributed by atoms with van der Waals surface area (Å²) in [6, 6.07) is 16.1. The number of fused-ring (bicyclic) bond motifs is 1. The standard InChI is InChI=1S/C20H19N5O/c1-26-17-8-2-14(3-9-17)12-23-16-6-4-15(5-7-16)18-13-25-11-10-22-20(25)19(21)24-18/h2-11,13,23H,12H2,1H3,(H2,21,24). The topological polar surface area (TPSA) is 77.5 Å². The molecule has 2 aromatic heterocycles. The largest absolute Gasteiger partial charge is 0.497 e. The van der Waals surface area contributed by atoms with Crippen molar-refractivity contribution in [1.29, 1.82) is 0 Å². The van der Waals surface area contributed by atoms with Crippen molar-refractivity contribution in [1.82, 2.24) is 14.4 Å². The molecule has 0 unspecified atom stereocenters. The molecule has 6 nitrogen and oxygen atoms in total. The van der Waals surface area contributed by atoms with Crippen molar-refractivity contribution in [3.8, 4) is 17.0 Å². The number of aromatic nitrogens is 3. The van der Waals surface area contributed by atoms with Gasteiger partial charge in [-0.25, -0.2) is 9.97 Å². The molecule has 0 aliphatic carbocycles. The summed E-state index contributed by atoms with van der Waals surface area (Å²) in [6.07, 6.45) is 5.50. The van der Waals surface area contributed by atoms with Gasteiger partial charge in [0.05, 0.1) is 12.8 Å². The van der Waals surface area contributed by atoms with Gasteiger partial charge in [-0.15, -0.1) is 0 Å². The Kier molecular flexibility index (Phi) is 4.15. The molecule has 130 valence electrons. The zero-order valence-electron chi connectivity index (χ0n) is 14.4. The summed E-state index contributed by atoms with van der Waals surface area (Å²) in [7, 11) is 1.67. The molecule has 0 aliphatic rings. The Morgan fingerprint density at radius 1 is 1.08 bits per heavy atom. The molecule has 26 heavy (non-hydrogen) atoms. The Bertz CT molecular complexity index is 1020. The second kappa shape index (κ2) is 6.76. The molecule has 4 aromatic rings. The van der Waals surface area contributed by atoms with E-state index in [2.05, 4.69) is 15.3 Å². The summed E-state index contributed by atoms with van der Waals surface area (Å²) in [6.45, 7) is 0.746. The highest BCUT2D eigenvalue weighted by molar-refractivity contribution is 5.68. The van der Waals surface area contributed by atoms with Gasteiger partial charge in [-0.1, -0.05) is 24.3 Å². The number of imidazole rings is 1. The minimum absolute atomic E-state index is 0.425. The predicted molar refractivity (Wildman–Crippen MR) is 103 cm³/mol. The second-order valence-corrected chi connectivity index (χ2v) is 5.95. The number of anilines is 2. The van der Waals surface area contributed by atoms with E-state index in [1.54, 1.807) is 13.3 Å². The fraction of sp³-hybridized carbons (Fsp3) is 0.100. The van der Waals surface area contributed by atoms with Gasteiger partial charge in [-0.05, 0) is 29.8 Å². The highest BCUT2D eigenvalue weighted by Gasteiger charge is 2.06. The fourth-order valence-corrected chi connectivity index (χ4v) is 2.80. The Morgan fingerprint density at radius 3 is 2.58 bits per heavy atom. The molecule has 0 amide bonds. The predicted octanol–water partition coefficient (Wildman–Crippen LogP) is 3.60. The highest BCUT2D eigenvalue weighted by atomic mass is 16.5. The number of nitrogens with one attached hydrogen (secondary N) is 1. The number of hydrogen-bond acceptors (Lipinski definition) is 5. The number of hydrogen-bond donors (Lipinski definition) is 2. The Balaban J connectivity index is 1.48. The summed E-state index contributed by atoms with van der Waals surface area (Å²) in [4.78, 5) is 8.63. The lowest BCUT2D eigenvalue weighted by Gasteiger charge is -2.09. The van der Waals surface area contributed by atoms with Gasteiger partial charge in [0.25, 0.3) is 0 Å². The first kappa shape index (κ1) is 16.0. The van der Waals surface area contributed by atoms with Crippen LogP contribution in [0.25, 0.3) is 16.9 Å². The smallest absolute Gasteiger partial charge is 0.179 e. The van der Waals surface area contributed by atoms with Crippen molar-refractivity contribution in [3.63, 3.8) is 0 Å². The van der Waals surface area contributed by atoms with Crippen LogP contribution in [0.4, 0.5) is 11.5 Å².